The van der Waals surface area contributed by atoms with Crippen LogP contribution in [0.15, 0.2) is 36.2 Å². The first-order valence-electron chi connectivity index (χ1n) is 7.79. The fourth-order valence-corrected chi connectivity index (χ4v) is 2.23. The van der Waals surface area contributed by atoms with Gasteiger partial charge in [0, 0.05) is 24.1 Å². The number of carbonyl (C=O) groups excluding carboxylic acids is 2. The van der Waals surface area contributed by atoms with Gasteiger partial charge >= 0.3 is 0 Å². The van der Waals surface area contributed by atoms with Crippen molar-refractivity contribution in [3.8, 4) is 0 Å². The van der Waals surface area contributed by atoms with Gasteiger partial charge in [-0.05, 0) is 23.6 Å². The van der Waals surface area contributed by atoms with Crippen molar-refractivity contribution in [3.05, 3.63) is 41.7 Å². The van der Waals surface area contributed by atoms with Crippen molar-refractivity contribution in [2.24, 2.45) is 29.1 Å². The summed E-state index contributed by atoms with van der Waals surface area (Å²) in [5.41, 5.74) is 14.4. The maximum absolute atomic E-state index is 12.2. The van der Waals surface area contributed by atoms with Crippen molar-refractivity contribution in [1.82, 2.24) is 10.5 Å². The predicted octanol–water partition coefficient (Wildman–Crippen LogP) is -0.163. The highest BCUT2D eigenvalue weighted by molar-refractivity contribution is 6.06. The summed E-state index contributed by atoms with van der Waals surface area (Å²) >= 11 is 0. The first-order valence-corrected chi connectivity index (χ1v) is 7.79. The molecule has 1 rings (SSSR count). The smallest absolute Gasteiger partial charge is 0.256 e. The molecule has 9 nitrogen and oxygen atoms in total. The van der Waals surface area contributed by atoms with E-state index in [4.69, 9.17) is 22.5 Å². The minimum absolute atomic E-state index is 0.219. The van der Waals surface area contributed by atoms with Crippen LogP contribution in [0.3, 0.4) is 0 Å². The van der Waals surface area contributed by atoms with Crippen LogP contribution in [0, 0.1) is 11.8 Å². The van der Waals surface area contributed by atoms with Gasteiger partial charge in [0.15, 0.2) is 0 Å². The van der Waals surface area contributed by atoms with Crippen LogP contribution in [0.5, 0.6) is 0 Å². The summed E-state index contributed by atoms with van der Waals surface area (Å²) in [4.78, 5) is 23.8. The standard InChI is InChI=1S/C16H26N6O3/c1-10(2)14(16(24)21-25)15(23)20-13-5-3-11(4-6-13)8-22(19)9-12(18)7-17/h3-6,9-10,14,25H,7-8,17-19H2,1-2H3,(H,20,23)(H,21,24)/b12-9-. The molecule has 138 valence electrons. The summed E-state index contributed by atoms with van der Waals surface area (Å²) in [5.74, 6) is 3.31. The summed E-state index contributed by atoms with van der Waals surface area (Å²) < 4.78 is 0. The zero-order valence-corrected chi connectivity index (χ0v) is 14.4. The lowest BCUT2D eigenvalue weighted by atomic mass is 9.94. The molecule has 1 atom stereocenters. The molecule has 2 amide bonds. The van der Waals surface area contributed by atoms with Gasteiger partial charge in [-0.1, -0.05) is 26.0 Å². The third-order valence-electron chi connectivity index (χ3n) is 3.50. The molecule has 9 heteroatoms. The Morgan fingerprint density at radius 3 is 2.32 bits per heavy atom. The summed E-state index contributed by atoms with van der Waals surface area (Å²) in [6.07, 6.45) is 1.55. The molecule has 0 fully saturated rings. The number of nitrogens with zero attached hydrogens (tertiary/aromatic N) is 1. The lowest BCUT2D eigenvalue weighted by Crippen LogP contribution is -2.39. The molecule has 0 aromatic heterocycles. The molecule has 0 aliphatic rings. The molecule has 0 bridgehead atoms. The minimum Gasteiger partial charge on any atom is -0.400 e. The van der Waals surface area contributed by atoms with E-state index in [1.807, 2.05) is 0 Å². The van der Waals surface area contributed by atoms with Crippen LogP contribution in [-0.2, 0) is 16.1 Å². The molecule has 9 N–H and O–H groups in total. The Bertz CT molecular complexity index is 615. The molecule has 1 aromatic carbocycles. The average molecular weight is 350 g/mol. The van der Waals surface area contributed by atoms with Gasteiger partial charge in [-0.2, -0.15) is 0 Å². The first kappa shape index (κ1) is 20.4. The number of nitrogens with two attached hydrogens (primary N) is 3. The van der Waals surface area contributed by atoms with Gasteiger partial charge in [0.25, 0.3) is 5.91 Å². The lowest BCUT2D eigenvalue weighted by molar-refractivity contribution is -0.140. The Labute approximate surface area is 146 Å². The van der Waals surface area contributed by atoms with Crippen molar-refractivity contribution >= 4 is 17.5 Å². The van der Waals surface area contributed by atoms with Gasteiger partial charge in [0.05, 0.1) is 6.54 Å². The van der Waals surface area contributed by atoms with Crippen molar-refractivity contribution in [2.75, 3.05) is 11.9 Å². The zero-order valence-electron chi connectivity index (χ0n) is 14.4. The second-order valence-corrected chi connectivity index (χ2v) is 5.96. The number of benzene rings is 1. The van der Waals surface area contributed by atoms with Gasteiger partial charge in [-0.3, -0.25) is 14.8 Å². The van der Waals surface area contributed by atoms with E-state index < -0.39 is 17.7 Å². The van der Waals surface area contributed by atoms with Crippen LogP contribution in [0.4, 0.5) is 5.69 Å². The van der Waals surface area contributed by atoms with E-state index in [1.54, 1.807) is 44.3 Å². The molecule has 1 aromatic rings. The van der Waals surface area contributed by atoms with Crippen LogP contribution in [-0.4, -0.2) is 28.6 Å². The molecule has 0 heterocycles. The van der Waals surface area contributed by atoms with E-state index in [9.17, 15) is 9.59 Å². The number of rotatable bonds is 8. The van der Waals surface area contributed by atoms with Crippen LogP contribution >= 0.6 is 0 Å². The van der Waals surface area contributed by atoms with Gasteiger partial charge in [-0.25, -0.2) is 11.3 Å². The average Bonchev–Trinajstić information content (AvgIpc) is 2.55. The molecule has 0 spiro atoms. The van der Waals surface area contributed by atoms with Gasteiger partial charge < -0.3 is 21.8 Å². The number of hydroxylamine groups is 1. The summed E-state index contributed by atoms with van der Waals surface area (Å²) in [6, 6.07) is 6.98. The Hall–Kier alpha value is -2.62. The summed E-state index contributed by atoms with van der Waals surface area (Å²) in [6.45, 7) is 4.07. The summed E-state index contributed by atoms with van der Waals surface area (Å²) in [5, 5.41) is 12.8. The Balaban J connectivity index is 2.73. The molecule has 0 radical (unpaired) electrons. The van der Waals surface area contributed by atoms with Crippen molar-refractivity contribution in [2.45, 2.75) is 20.4 Å². The normalized spacial score (nSPS) is 12.6. The van der Waals surface area contributed by atoms with E-state index in [1.165, 1.54) is 10.5 Å². The SMILES string of the molecule is CC(C)C(C(=O)NO)C(=O)Nc1ccc(CN(N)/C=C(\N)CN)cc1. The molecule has 0 saturated heterocycles. The molecule has 0 aliphatic heterocycles. The largest absolute Gasteiger partial charge is 0.400 e. The third kappa shape index (κ3) is 6.42. The van der Waals surface area contributed by atoms with Gasteiger partial charge in [0.2, 0.25) is 5.91 Å². The van der Waals surface area contributed by atoms with Crippen LogP contribution < -0.4 is 28.1 Å². The highest BCUT2D eigenvalue weighted by atomic mass is 16.5. The summed E-state index contributed by atoms with van der Waals surface area (Å²) in [7, 11) is 0. The number of hydrogen-bond donors (Lipinski definition) is 6. The Kier molecular flexibility index (Phi) is 7.86. The van der Waals surface area contributed by atoms with Gasteiger partial charge in [-0.15, -0.1) is 0 Å². The van der Waals surface area contributed by atoms with Crippen LogP contribution in [0.1, 0.15) is 19.4 Å². The molecule has 1 unspecified atom stereocenters. The van der Waals surface area contributed by atoms with E-state index >= 15 is 0 Å². The maximum atomic E-state index is 12.2. The topological polar surface area (TPSA) is 160 Å². The first-order chi connectivity index (χ1) is 11.8. The fraction of sp³-hybridized carbons (Fsp3) is 0.375. The molecular weight excluding hydrogens is 324 g/mol. The number of hydrogen-bond acceptors (Lipinski definition) is 7. The quantitative estimate of drug-likeness (QED) is 0.164. The fourth-order valence-electron chi connectivity index (χ4n) is 2.23. The van der Waals surface area contributed by atoms with E-state index in [0.29, 0.717) is 17.9 Å². The van der Waals surface area contributed by atoms with E-state index in [0.717, 1.165) is 5.56 Å². The molecule has 0 saturated carbocycles. The maximum Gasteiger partial charge on any atom is 0.256 e. The van der Waals surface area contributed by atoms with Crippen molar-refractivity contribution in [1.29, 1.82) is 0 Å². The number of nitrogens with one attached hydrogen (secondary N) is 2. The van der Waals surface area contributed by atoms with Crippen LogP contribution in [0.25, 0.3) is 0 Å². The third-order valence-corrected chi connectivity index (χ3v) is 3.50. The number of carbonyl (C=O) groups is 2. The van der Waals surface area contributed by atoms with E-state index in [-0.39, 0.29) is 12.5 Å². The van der Waals surface area contributed by atoms with Crippen molar-refractivity contribution in [3.63, 3.8) is 0 Å². The number of hydrazine groups is 1. The van der Waals surface area contributed by atoms with Gasteiger partial charge in [0.1, 0.15) is 5.92 Å². The second-order valence-electron chi connectivity index (χ2n) is 5.96. The molecular formula is C16H26N6O3. The molecule has 0 aliphatic carbocycles. The molecule has 25 heavy (non-hydrogen) atoms. The van der Waals surface area contributed by atoms with Crippen LogP contribution in [0.2, 0.25) is 0 Å². The Morgan fingerprint density at radius 2 is 1.84 bits per heavy atom. The zero-order chi connectivity index (χ0) is 19.0. The number of anilines is 1. The highest BCUT2D eigenvalue weighted by Crippen LogP contribution is 2.16. The predicted molar refractivity (Wildman–Crippen MR) is 94.4 cm³/mol. The highest BCUT2D eigenvalue weighted by Gasteiger charge is 2.29. The minimum atomic E-state index is -0.992. The second kappa shape index (κ2) is 9.62. The Morgan fingerprint density at radius 1 is 1.24 bits per heavy atom. The number of amides is 2. The monoisotopic (exact) mass is 350 g/mol. The van der Waals surface area contributed by atoms with E-state index in [2.05, 4.69) is 5.32 Å². The lowest BCUT2D eigenvalue weighted by Gasteiger charge is -2.18. The van der Waals surface area contributed by atoms with Crippen molar-refractivity contribution < 1.29 is 14.8 Å².